The number of carbonyl (C=O) groups excluding carboxylic acids is 1. The molecule has 1 amide bonds. The van der Waals surface area contributed by atoms with Crippen LogP contribution < -0.4 is 20.1 Å². The highest BCUT2D eigenvalue weighted by Crippen LogP contribution is 2.42. The minimum atomic E-state index is -2.63. The second-order valence-electron chi connectivity index (χ2n) is 14.7. The first-order chi connectivity index (χ1) is 29.0. The van der Waals surface area contributed by atoms with Crippen LogP contribution in [0.1, 0.15) is 68.1 Å². The van der Waals surface area contributed by atoms with E-state index < -0.39 is 26.0 Å². The van der Waals surface area contributed by atoms with E-state index in [-0.39, 0.29) is 25.5 Å². The highest BCUT2D eigenvalue weighted by Gasteiger charge is 2.41. The van der Waals surface area contributed by atoms with Crippen molar-refractivity contribution in [2.24, 2.45) is 0 Å². The summed E-state index contributed by atoms with van der Waals surface area (Å²) in [4.78, 5) is 19.3. The van der Waals surface area contributed by atoms with Crippen LogP contribution in [0.2, 0.25) is 0 Å². The lowest BCUT2D eigenvalue weighted by Gasteiger charge is -2.37. The van der Waals surface area contributed by atoms with Crippen molar-refractivity contribution in [2.45, 2.75) is 70.9 Å². The monoisotopic (exact) mass is 829 g/mol. The molecule has 0 fully saturated rings. The zero-order chi connectivity index (χ0) is 43.1. The zero-order valence-corrected chi connectivity index (χ0v) is 36.1. The molecule has 1 aromatic heterocycles. The number of fused-ring (bicyclic) bond motifs is 2. The summed E-state index contributed by atoms with van der Waals surface area (Å²) in [6.45, 7) is 10.2. The SMILES string of the molecule is CC(C)NC(C)C.COc1ccc(C(OCC(NC(=O)c2c3ccccc3nc3ccccc23)C(C)O[P+](=O)OCCC#N)(c2ccccc2)c2ccc(OC)cc2)cc1. The number of benzene rings is 5. The van der Waals surface area contributed by atoms with Crippen LogP contribution in [-0.4, -0.2) is 62.6 Å². The smallest absolute Gasteiger partial charge is 0.497 e. The van der Waals surface area contributed by atoms with Gasteiger partial charge in [0.2, 0.25) is 0 Å². The second kappa shape index (κ2) is 22.0. The zero-order valence-electron chi connectivity index (χ0n) is 35.3. The summed E-state index contributed by atoms with van der Waals surface area (Å²) in [5.74, 6) is 0.966. The number of carbonyl (C=O) groups is 1. The van der Waals surface area contributed by atoms with Crippen molar-refractivity contribution in [3.63, 3.8) is 0 Å². The van der Waals surface area contributed by atoms with Crippen LogP contribution in [0.5, 0.6) is 11.5 Å². The molecule has 60 heavy (non-hydrogen) atoms. The number of methoxy groups -OCH3 is 2. The van der Waals surface area contributed by atoms with Crippen LogP contribution in [0.15, 0.2) is 127 Å². The maximum atomic E-state index is 14.5. The first-order valence-corrected chi connectivity index (χ1v) is 21.1. The Hall–Kier alpha value is -5.73. The van der Waals surface area contributed by atoms with Gasteiger partial charge in [-0.1, -0.05) is 119 Å². The molecule has 0 aliphatic heterocycles. The van der Waals surface area contributed by atoms with Crippen molar-refractivity contribution in [2.75, 3.05) is 27.4 Å². The number of rotatable bonds is 18. The predicted molar refractivity (Wildman–Crippen MR) is 237 cm³/mol. The van der Waals surface area contributed by atoms with Gasteiger partial charge >= 0.3 is 8.25 Å². The lowest BCUT2D eigenvalue weighted by Crippen LogP contribution is -2.48. The van der Waals surface area contributed by atoms with Crippen molar-refractivity contribution in [3.8, 4) is 17.6 Å². The quantitative estimate of drug-likeness (QED) is 0.0372. The molecule has 6 aromatic rings. The Bertz CT molecular complexity index is 2240. The number of ether oxygens (including phenoxy) is 3. The van der Waals surface area contributed by atoms with Crippen molar-refractivity contribution < 1.29 is 32.6 Å². The first-order valence-electron chi connectivity index (χ1n) is 20.0. The van der Waals surface area contributed by atoms with E-state index in [1.807, 2.05) is 133 Å². The molecule has 0 bridgehead atoms. The minimum Gasteiger partial charge on any atom is -0.497 e. The van der Waals surface area contributed by atoms with Gasteiger partial charge in [-0.25, -0.2) is 4.98 Å². The van der Waals surface area contributed by atoms with E-state index in [9.17, 15) is 9.36 Å². The lowest BCUT2D eigenvalue weighted by molar-refractivity contribution is -0.0169. The molecule has 2 N–H and O–H groups in total. The number of amides is 1. The Morgan fingerprint density at radius 3 is 1.67 bits per heavy atom. The van der Waals surface area contributed by atoms with E-state index in [1.54, 1.807) is 21.1 Å². The van der Waals surface area contributed by atoms with Gasteiger partial charge in [-0.3, -0.25) is 4.79 Å². The van der Waals surface area contributed by atoms with Gasteiger partial charge < -0.3 is 24.8 Å². The number of hydrogen-bond acceptors (Lipinski definition) is 10. The molecule has 312 valence electrons. The molecule has 0 aliphatic carbocycles. The van der Waals surface area contributed by atoms with Crippen LogP contribution in [0.25, 0.3) is 21.8 Å². The molecular formula is C48H54N4O7P+. The van der Waals surface area contributed by atoms with Gasteiger partial charge in [-0.15, -0.1) is 9.05 Å². The van der Waals surface area contributed by atoms with Gasteiger partial charge in [0.05, 0.1) is 56.0 Å². The molecule has 0 saturated carbocycles. The van der Waals surface area contributed by atoms with E-state index in [0.29, 0.717) is 51.0 Å². The van der Waals surface area contributed by atoms with Gasteiger partial charge in [0, 0.05) is 27.4 Å². The van der Waals surface area contributed by atoms with Crippen LogP contribution >= 0.6 is 8.25 Å². The predicted octanol–water partition coefficient (Wildman–Crippen LogP) is 9.90. The third-order valence-electron chi connectivity index (χ3n) is 9.68. The standard InChI is InChI=1S/C42H38N3O7P.C6H15N/c1-29(52-53(47)51-27-11-26-43)39(45-41(46)40-35-14-7-9-16-37(35)44-38-17-10-8-15-36(38)40)28-50-42(30-12-5-4-6-13-30,31-18-22-33(48-2)23-19-31)32-20-24-34(49-3)25-21-32;1-5(2)7-6(3)4/h4-10,12-25,29,39H,11,27-28H2,1-3H3;5-7H,1-4H3/p+1. The second-order valence-corrected chi connectivity index (χ2v) is 15.6. The fourth-order valence-electron chi connectivity index (χ4n) is 6.98. The third-order valence-corrected chi connectivity index (χ3v) is 10.6. The molecule has 3 atom stereocenters. The van der Waals surface area contributed by atoms with E-state index >= 15 is 0 Å². The molecule has 11 nitrogen and oxygen atoms in total. The third kappa shape index (κ3) is 11.5. The average molecular weight is 830 g/mol. The Kier molecular flexibility index (Phi) is 16.7. The Labute approximate surface area is 353 Å². The first kappa shape index (κ1) is 45.4. The molecular weight excluding hydrogens is 776 g/mol. The van der Waals surface area contributed by atoms with Crippen molar-refractivity contribution in [1.29, 1.82) is 5.26 Å². The van der Waals surface area contributed by atoms with Crippen molar-refractivity contribution in [1.82, 2.24) is 15.6 Å². The fraction of sp³-hybridized carbons (Fsp3) is 0.312. The van der Waals surface area contributed by atoms with Crippen molar-refractivity contribution >= 4 is 36.0 Å². The summed E-state index contributed by atoms with van der Waals surface area (Å²) in [5, 5.41) is 16.8. The van der Waals surface area contributed by atoms with Crippen molar-refractivity contribution in [3.05, 3.63) is 150 Å². The van der Waals surface area contributed by atoms with Crippen LogP contribution in [-0.2, 0) is 24.0 Å². The Balaban J connectivity index is 0.000000896. The highest BCUT2D eigenvalue weighted by atomic mass is 31.1. The number of aromatic nitrogens is 1. The average Bonchev–Trinajstić information content (AvgIpc) is 3.25. The van der Waals surface area contributed by atoms with Gasteiger partial charge in [-0.05, 0) is 60.0 Å². The summed E-state index contributed by atoms with van der Waals surface area (Å²) in [7, 11) is 0.591. The van der Waals surface area contributed by atoms with Crippen LogP contribution in [0.4, 0.5) is 0 Å². The van der Waals surface area contributed by atoms with E-state index in [1.165, 1.54) is 0 Å². The molecule has 5 aromatic carbocycles. The molecule has 0 aliphatic rings. The topological polar surface area (TPSA) is 141 Å². The summed E-state index contributed by atoms with van der Waals surface area (Å²) in [5.41, 5.74) is 3.00. The van der Waals surface area contributed by atoms with Gasteiger partial charge in [0.25, 0.3) is 5.91 Å². The largest absolute Gasteiger partial charge is 0.697 e. The van der Waals surface area contributed by atoms with E-state index in [0.717, 1.165) is 16.7 Å². The minimum absolute atomic E-state index is 0.0492. The Morgan fingerprint density at radius 1 is 0.717 bits per heavy atom. The summed E-state index contributed by atoms with van der Waals surface area (Å²) in [6.07, 6.45) is -0.822. The normalized spacial score (nSPS) is 12.6. The molecule has 6 rings (SSSR count). The summed E-state index contributed by atoms with van der Waals surface area (Å²) in [6, 6.07) is 42.3. The number of hydrogen-bond donors (Lipinski definition) is 2. The number of nitrogens with zero attached hydrogens (tertiary/aromatic N) is 2. The maximum Gasteiger partial charge on any atom is 0.697 e. The van der Waals surface area contributed by atoms with Crippen LogP contribution in [0.3, 0.4) is 0 Å². The molecule has 0 saturated heterocycles. The number of para-hydroxylation sites is 2. The molecule has 1 heterocycles. The molecule has 3 unspecified atom stereocenters. The maximum absolute atomic E-state index is 14.5. The van der Waals surface area contributed by atoms with Gasteiger partial charge in [0.15, 0.2) is 0 Å². The molecule has 0 spiro atoms. The van der Waals surface area contributed by atoms with Gasteiger partial charge in [-0.2, -0.15) is 5.26 Å². The highest BCUT2D eigenvalue weighted by molar-refractivity contribution is 7.33. The number of nitrogens with one attached hydrogen (secondary N) is 2. The summed E-state index contributed by atoms with van der Waals surface area (Å²) < 4.78 is 42.2. The lowest BCUT2D eigenvalue weighted by atomic mass is 9.80. The van der Waals surface area contributed by atoms with Crippen LogP contribution in [0, 0.1) is 11.3 Å². The Morgan fingerprint density at radius 2 is 1.20 bits per heavy atom. The van der Waals surface area contributed by atoms with Gasteiger partial charge in [0.1, 0.15) is 29.8 Å². The molecule has 12 heteroatoms. The summed E-state index contributed by atoms with van der Waals surface area (Å²) >= 11 is 0. The number of pyridine rings is 1. The van der Waals surface area contributed by atoms with E-state index in [2.05, 4.69) is 38.3 Å². The fourth-order valence-corrected chi connectivity index (χ4v) is 7.70. The van der Waals surface area contributed by atoms with E-state index in [4.69, 9.17) is 33.5 Å². The molecule has 0 radical (unpaired) electrons. The number of nitriles is 1.